The normalized spacial score (nSPS) is 11.0. The molecular formula is C19H15BrN2O4. The number of fused-ring (bicyclic) bond motifs is 1. The van der Waals surface area contributed by atoms with Crippen molar-refractivity contribution in [2.45, 2.75) is 0 Å². The van der Waals surface area contributed by atoms with E-state index in [4.69, 9.17) is 4.74 Å². The van der Waals surface area contributed by atoms with E-state index in [-0.39, 0.29) is 18.1 Å². The van der Waals surface area contributed by atoms with E-state index in [9.17, 15) is 15.0 Å². The monoisotopic (exact) mass is 414 g/mol. The molecule has 3 aromatic rings. The zero-order chi connectivity index (χ0) is 18.5. The van der Waals surface area contributed by atoms with E-state index in [0.29, 0.717) is 11.3 Å². The van der Waals surface area contributed by atoms with E-state index in [2.05, 4.69) is 26.5 Å². The molecule has 0 heterocycles. The molecule has 132 valence electrons. The zero-order valence-electron chi connectivity index (χ0n) is 13.5. The Kier molecular flexibility index (Phi) is 5.38. The van der Waals surface area contributed by atoms with Crippen LogP contribution in [-0.4, -0.2) is 28.9 Å². The summed E-state index contributed by atoms with van der Waals surface area (Å²) < 4.78 is 6.31. The topological polar surface area (TPSA) is 91.2 Å². The number of rotatable bonds is 5. The average Bonchev–Trinajstić information content (AvgIpc) is 2.63. The maximum Gasteiger partial charge on any atom is 0.277 e. The fraction of sp³-hybridized carbons (Fsp3) is 0.0526. The summed E-state index contributed by atoms with van der Waals surface area (Å²) in [5, 5.41) is 24.7. The summed E-state index contributed by atoms with van der Waals surface area (Å²) in [6.07, 6.45) is 1.28. The first-order chi connectivity index (χ1) is 12.5. The van der Waals surface area contributed by atoms with Crippen LogP contribution in [-0.2, 0) is 4.79 Å². The van der Waals surface area contributed by atoms with Crippen LogP contribution in [0.2, 0.25) is 0 Å². The van der Waals surface area contributed by atoms with E-state index in [1.54, 1.807) is 6.07 Å². The Morgan fingerprint density at radius 2 is 1.96 bits per heavy atom. The Labute approximate surface area is 157 Å². The highest BCUT2D eigenvalue weighted by Crippen LogP contribution is 2.32. The third-order valence-electron chi connectivity index (χ3n) is 3.59. The number of phenolic OH excluding ortho intramolecular Hbond substituents is 2. The van der Waals surface area contributed by atoms with Gasteiger partial charge in [-0.2, -0.15) is 5.10 Å². The second kappa shape index (κ2) is 7.88. The predicted molar refractivity (Wildman–Crippen MR) is 103 cm³/mol. The number of carbonyl (C=O) groups excluding carboxylic acids is 1. The maximum atomic E-state index is 11.9. The number of carbonyl (C=O) groups is 1. The first-order valence-electron chi connectivity index (χ1n) is 7.68. The molecular weight excluding hydrogens is 400 g/mol. The number of nitrogens with one attached hydrogen (secondary N) is 1. The van der Waals surface area contributed by atoms with Crippen LogP contribution in [0, 0.1) is 0 Å². The largest absolute Gasteiger partial charge is 0.508 e. The van der Waals surface area contributed by atoms with E-state index in [1.807, 2.05) is 30.3 Å². The van der Waals surface area contributed by atoms with Gasteiger partial charge in [-0.25, -0.2) is 5.43 Å². The Hall–Kier alpha value is -3.06. The van der Waals surface area contributed by atoms with Gasteiger partial charge in [-0.15, -0.1) is 0 Å². The minimum Gasteiger partial charge on any atom is -0.508 e. The average molecular weight is 415 g/mol. The third kappa shape index (κ3) is 4.12. The van der Waals surface area contributed by atoms with Gasteiger partial charge >= 0.3 is 0 Å². The second-order valence-corrected chi connectivity index (χ2v) is 6.22. The summed E-state index contributed by atoms with van der Waals surface area (Å²) in [5.41, 5.74) is 2.68. The van der Waals surface area contributed by atoms with Crippen LogP contribution in [0.4, 0.5) is 0 Å². The van der Waals surface area contributed by atoms with E-state index in [1.165, 1.54) is 24.4 Å². The zero-order valence-corrected chi connectivity index (χ0v) is 15.1. The Bertz CT molecular complexity index is 988. The molecule has 3 aromatic carbocycles. The molecule has 0 saturated heterocycles. The molecule has 0 fully saturated rings. The number of phenols is 2. The van der Waals surface area contributed by atoms with Gasteiger partial charge in [-0.1, -0.05) is 30.3 Å². The molecule has 0 unspecified atom stereocenters. The number of hydrogen-bond donors (Lipinski definition) is 3. The quantitative estimate of drug-likeness (QED) is 0.439. The van der Waals surface area contributed by atoms with Crippen LogP contribution in [0.5, 0.6) is 17.2 Å². The molecule has 1 amide bonds. The van der Waals surface area contributed by atoms with Crippen molar-refractivity contribution in [2.75, 3.05) is 6.61 Å². The van der Waals surface area contributed by atoms with Crippen molar-refractivity contribution in [3.05, 3.63) is 64.6 Å². The van der Waals surface area contributed by atoms with Gasteiger partial charge in [0.2, 0.25) is 0 Å². The van der Waals surface area contributed by atoms with E-state index in [0.717, 1.165) is 15.2 Å². The van der Waals surface area contributed by atoms with Crippen molar-refractivity contribution in [2.24, 2.45) is 5.10 Å². The molecule has 0 aromatic heterocycles. The first-order valence-corrected chi connectivity index (χ1v) is 8.48. The van der Waals surface area contributed by atoms with Crippen LogP contribution >= 0.6 is 15.9 Å². The van der Waals surface area contributed by atoms with Gasteiger partial charge in [0.25, 0.3) is 5.91 Å². The number of hydrazone groups is 1. The lowest BCUT2D eigenvalue weighted by Gasteiger charge is -2.09. The van der Waals surface area contributed by atoms with Crippen molar-refractivity contribution in [1.82, 2.24) is 5.43 Å². The lowest BCUT2D eigenvalue weighted by atomic mass is 10.1. The first kappa shape index (κ1) is 17.8. The molecule has 0 aliphatic carbocycles. The van der Waals surface area contributed by atoms with Gasteiger partial charge in [-0.3, -0.25) is 4.79 Å². The summed E-state index contributed by atoms with van der Waals surface area (Å²) in [6.45, 7) is -0.212. The van der Waals surface area contributed by atoms with E-state index < -0.39 is 5.91 Å². The number of halogens is 1. The molecule has 3 rings (SSSR count). The van der Waals surface area contributed by atoms with Gasteiger partial charge < -0.3 is 14.9 Å². The van der Waals surface area contributed by atoms with Crippen molar-refractivity contribution < 1.29 is 19.7 Å². The number of ether oxygens (including phenoxy) is 1. The highest BCUT2D eigenvalue weighted by molar-refractivity contribution is 9.10. The Morgan fingerprint density at radius 3 is 2.77 bits per heavy atom. The highest BCUT2D eigenvalue weighted by atomic mass is 79.9. The molecule has 6 nitrogen and oxygen atoms in total. The Balaban J connectivity index is 1.59. The van der Waals surface area contributed by atoms with Gasteiger partial charge in [-0.05, 0) is 44.9 Å². The molecule has 3 N–H and O–H groups in total. The minimum atomic E-state index is -0.445. The van der Waals surface area contributed by atoms with Crippen molar-refractivity contribution in [1.29, 1.82) is 0 Å². The van der Waals surface area contributed by atoms with Crippen LogP contribution in [0.3, 0.4) is 0 Å². The van der Waals surface area contributed by atoms with Crippen LogP contribution in [0.15, 0.2) is 64.2 Å². The fourth-order valence-corrected chi connectivity index (χ4v) is 2.92. The standard InChI is InChI=1S/C19H15BrN2O4/c20-19-15-4-2-1-3-12(15)6-8-17(19)26-11-18(25)22-21-10-13-5-7-14(23)9-16(13)24/h1-10,23-24H,11H2,(H,22,25)/b21-10+. The van der Waals surface area contributed by atoms with Gasteiger partial charge in [0.1, 0.15) is 17.2 Å². The maximum absolute atomic E-state index is 11.9. The SMILES string of the molecule is O=C(COc1ccc2ccccc2c1Br)N/N=C/c1ccc(O)cc1O. The summed E-state index contributed by atoms with van der Waals surface area (Å²) in [4.78, 5) is 11.9. The minimum absolute atomic E-state index is 0.0574. The fourth-order valence-electron chi connectivity index (χ4n) is 2.32. The Morgan fingerprint density at radius 1 is 1.15 bits per heavy atom. The molecule has 0 atom stereocenters. The highest BCUT2D eigenvalue weighted by Gasteiger charge is 2.08. The van der Waals surface area contributed by atoms with Gasteiger partial charge in [0.15, 0.2) is 6.61 Å². The summed E-state index contributed by atoms with van der Waals surface area (Å²) in [5.74, 6) is -0.0871. The van der Waals surface area contributed by atoms with Crippen LogP contribution in [0.25, 0.3) is 10.8 Å². The molecule has 26 heavy (non-hydrogen) atoms. The molecule has 0 spiro atoms. The van der Waals surface area contributed by atoms with Crippen molar-refractivity contribution in [3.8, 4) is 17.2 Å². The summed E-state index contributed by atoms with van der Waals surface area (Å²) in [7, 11) is 0. The van der Waals surface area contributed by atoms with E-state index >= 15 is 0 Å². The van der Waals surface area contributed by atoms with Gasteiger partial charge in [0.05, 0.1) is 10.7 Å². The number of hydrogen-bond acceptors (Lipinski definition) is 5. The van der Waals surface area contributed by atoms with Crippen molar-refractivity contribution in [3.63, 3.8) is 0 Å². The van der Waals surface area contributed by atoms with Crippen LogP contribution < -0.4 is 10.2 Å². The van der Waals surface area contributed by atoms with Crippen LogP contribution in [0.1, 0.15) is 5.56 Å². The molecule has 0 radical (unpaired) electrons. The summed E-state index contributed by atoms with van der Waals surface area (Å²) in [6, 6.07) is 15.6. The molecule has 0 aliphatic heterocycles. The molecule has 0 bridgehead atoms. The third-order valence-corrected chi connectivity index (χ3v) is 4.41. The number of nitrogens with zero attached hydrogens (tertiary/aromatic N) is 1. The smallest absolute Gasteiger partial charge is 0.277 e. The molecule has 7 heteroatoms. The summed E-state index contributed by atoms with van der Waals surface area (Å²) >= 11 is 3.49. The van der Waals surface area contributed by atoms with Gasteiger partial charge in [0, 0.05) is 11.6 Å². The lowest BCUT2D eigenvalue weighted by molar-refractivity contribution is -0.123. The number of benzene rings is 3. The number of amides is 1. The number of aromatic hydroxyl groups is 2. The van der Waals surface area contributed by atoms with Crippen molar-refractivity contribution >= 4 is 38.8 Å². The predicted octanol–water partition coefficient (Wildman–Crippen LogP) is 3.54. The second-order valence-electron chi connectivity index (χ2n) is 5.42. The molecule has 0 saturated carbocycles. The molecule has 0 aliphatic rings. The lowest BCUT2D eigenvalue weighted by Crippen LogP contribution is -2.24.